The van der Waals surface area contributed by atoms with Gasteiger partial charge < -0.3 is 10.2 Å². The first-order chi connectivity index (χ1) is 8.39. The molecule has 0 heterocycles. The number of carboxylic acids is 1. The quantitative estimate of drug-likeness (QED) is 0.792. The zero-order valence-electron chi connectivity index (χ0n) is 10.1. The van der Waals surface area contributed by atoms with Crippen molar-refractivity contribution in [3.05, 3.63) is 35.9 Å². The van der Waals surface area contributed by atoms with E-state index in [1.54, 1.807) is 6.92 Å². The molecule has 1 aromatic rings. The van der Waals surface area contributed by atoms with E-state index in [0.29, 0.717) is 0 Å². The number of rotatable bonds is 6. The SMILES string of the molecule is CCC(CO)(C(=O)O)C(Cl)(Cl)Cc1ccccc1. The molecule has 5 heteroatoms. The van der Waals surface area contributed by atoms with Crippen molar-refractivity contribution in [1.82, 2.24) is 0 Å². The highest BCUT2D eigenvalue weighted by atomic mass is 35.5. The molecule has 1 unspecified atom stereocenters. The molecule has 0 saturated heterocycles. The Bertz CT molecular complexity index is 400. The van der Waals surface area contributed by atoms with Crippen LogP contribution in [0, 0.1) is 5.41 Å². The summed E-state index contributed by atoms with van der Waals surface area (Å²) in [6.07, 6.45) is 0.316. The standard InChI is InChI=1S/C13H16Cl2O3/c1-2-12(9-16,11(17)18)13(14,15)8-10-6-4-3-5-7-10/h3-7,16H,2,8-9H2,1H3,(H,17,18). The van der Waals surface area contributed by atoms with Crippen LogP contribution in [0.25, 0.3) is 0 Å². The lowest BCUT2D eigenvalue weighted by molar-refractivity contribution is -0.153. The maximum atomic E-state index is 11.4. The van der Waals surface area contributed by atoms with Crippen molar-refractivity contribution in [2.75, 3.05) is 6.61 Å². The van der Waals surface area contributed by atoms with Gasteiger partial charge in [0, 0.05) is 6.42 Å². The molecule has 0 aromatic heterocycles. The molecule has 0 aliphatic heterocycles. The van der Waals surface area contributed by atoms with Crippen LogP contribution in [0.5, 0.6) is 0 Å². The number of alkyl halides is 2. The van der Waals surface area contributed by atoms with Crippen LogP contribution in [0.3, 0.4) is 0 Å². The van der Waals surface area contributed by atoms with E-state index < -0.39 is 22.3 Å². The molecule has 1 rings (SSSR count). The van der Waals surface area contributed by atoms with E-state index in [0.717, 1.165) is 5.56 Å². The molecular formula is C13H16Cl2O3. The van der Waals surface area contributed by atoms with Gasteiger partial charge in [0.15, 0.2) is 0 Å². The van der Waals surface area contributed by atoms with Gasteiger partial charge in [-0.2, -0.15) is 0 Å². The van der Waals surface area contributed by atoms with Crippen molar-refractivity contribution >= 4 is 29.2 Å². The molecule has 0 amide bonds. The highest BCUT2D eigenvalue weighted by molar-refractivity contribution is 6.50. The number of carboxylic acid groups (broad SMARTS) is 1. The normalized spacial score (nSPS) is 15.1. The molecule has 0 spiro atoms. The highest BCUT2D eigenvalue weighted by Gasteiger charge is 2.53. The minimum atomic E-state index is -1.57. The van der Waals surface area contributed by atoms with Gasteiger partial charge >= 0.3 is 5.97 Å². The van der Waals surface area contributed by atoms with Crippen LogP contribution in [-0.4, -0.2) is 27.1 Å². The van der Waals surface area contributed by atoms with Crippen LogP contribution in [0.4, 0.5) is 0 Å². The Morgan fingerprint density at radius 1 is 1.28 bits per heavy atom. The number of carbonyl (C=O) groups is 1. The molecular weight excluding hydrogens is 275 g/mol. The highest BCUT2D eigenvalue weighted by Crippen LogP contribution is 2.46. The molecule has 1 atom stereocenters. The Hall–Kier alpha value is -0.770. The third-order valence-corrected chi connectivity index (χ3v) is 4.24. The van der Waals surface area contributed by atoms with Gasteiger partial charge in [0.1, 0.15) is 9.75 Å². The minimum Gasteiger partial charge on any atom is -0.481 e. The average molecular weight is 291 g/mol. The summed E-state index contributed by atoms with van der Waals surface area (Å²) >= 11 is 12.4. The molecule has 18 heavy (non-hydrogen) atoms. The minimum absolute atomic E-state index is 0.151. The third-order valence-electron chi connectivity index (χ3n) is 3.25. The Labute approximate surface area is 116 Å². The van der Waals surface area contributed by atoms with Gasteiger partial charge in [0.05, 0.1) is 6.61 Å². The van der Waals surface area contributed by atoms with Crippen LogP contribution in [0.1, 0.15) is 18.9 Å². The van der Waals surface area contributed by atoms with Crippen LogP contribution in [-0.2, 0) is 11.2 Å². The summed E-state index contributed by atoms with van der Waals surface area (Å²) in [6, 6.07) is 9.14. The van der Waals surface area contributed by atoms with E-state index in [4.69, 9.17) is 23.2 Å². The third kappa shape index (κ3) is 2.79. The fourth-order valence-corrected chi connectivity index (χ4v) is 2.74. The second-order valence-electron chi connectivity index (χ2n) is 4.27. The second-order valence-corrected chi connectivity index (χ2v) is 5.75. The first-order valence-electron chi connectivity index (χ1n) is 5.65. The van der Waals surface area contributed by atoms with E-state index in [1.807, 2.05) is 30.3 Å². The summed E-state index contributed by atoms with van der Waals surface area (Å²) in [5, 5.41) is 18.7. The van der Waals surface area contributed by atoms with Gasteiger partial charge in [0.2, 0.25) is 0 Å². The van der Waals surface area contributed by atoms with Gasteiger partial charge in [-0.3, -0.25) is 4.79 Å². The average Bonchev–Trinajstić information content (AvgIpc) is 2.31. The van der Waals surface area contributed by atoms with Crippen molar-refractivity contribution in [2.24, 2.45) is 5.41 Å². The number of hydrogen-bond acceptors (Lipinski definition) is 2. The number of aliphatic hydroxyl groups excluding tert-OH is 1. The van der Waals surface area contributed by atoms with Crippen molar-refractivity contribution in [2.45, 2.75) is 24.1 Å². The summed E-state index contributed by atoms with van der Waals surface area (Å²) in [7, 11) is 0. The molecule has 0 saturated carbocycles. The van der Waals surface area contributed by atoms with Crippen molar-refractivity contribution < 1.29 is 15.0 Å². The largest absolute Gasteiger partial charge is 0.481 e. The molecule has 0 radical (unpaired) electrons. The number of benzene rings is 1. The van der Waals surface area contributed by atoms with E-state index in [-0.39, 0.29) is 12.8 Å². The second kappa shape index (κ2) is 5.91. The predicted molar refractivity (Wildman–Crippen MR) is 72.0 cm³/mol. The molecule has 0 aliphatic carbocycles. The van der Waals surface area contributed by atoms with Crippen LogP contribution in [0.2, 0.25) is 0 Å². The van der Waals surface area contributed by atoms with E-state index in [9.17, 15) is 15.0 Å². The molecule has 0 aliphatic rings. The van der Waals surface area contributed by atoms with Gasteiger partial charge in [-0.05, 0) is 12.0 Å². The summed E-state index contributed by atoms with van der Waals surface area (Å²) in [6.45, 7) is 1.05. The number of hydrogen-bond donors (Lipinski definition) is 2. The lowest BCUT2D eigenvalue weighted by atomic mass is 9.79. The van der Waals surface area contributed by atoms with Crippen molar-refractivity contribution in [1.29, 1.82) is 0 Å². The van der Waals surface area contributed by atoms with Gasteiger partial charge in [-0.1, -0.05) is 60.5 Å². The van der Waals surface area contributed by atoms with Gasteiger partial charge in [0.25, 0.3) is 0 Å². The number of halogens is 2. The Kier molecular flexibility index (Phi) is 5.02. The van der Waals surface area contributed by atoms with Crippen LogP contribution < -0.4 is 0 Å². The smallest absolute Gasteiger partial charge is 0.315 e. The number of aliphatic carboxylic acids is 1. The molecule has 0 fully saturated rings. The predicted octanol–water partition coefficient (Wildman–Crippen LogP) is 2.88. The Balaban J connectivity index is 3.06. The molecule has 100 valence electrons. The van der Waals surface area contributed by atoms with E-state index in [2.05, 4.69) is 0 Å². The van der Waals surface area contributed by atoms with Crippen molar-refractivity contribution in [3.63, 3.8) is 0 Å². The van der Waals surface area contributed by atoms with E-state index in [1.165, 1.54) is 0 Å². The van der Waals surface area contributed by atoms with Crippen LogP contribution in [0.15, 0.2) is 30.3 Å². The zero-order valence-corrected chi connectivity index (χ0v) is 11.6. The zero-order chi connectivity index (χ0) is 13.8. The lowest BCUT2D eigenvalue weighted by Gasteiger charge is -2.37. The first-order valence-corrected chi connectivity index (χ1v) is 6.41. The fourth-order valence-electron chi connectivity index (χ4n) is 1.88. The Morgan fingerprint density at radius 3 is 2.22 bits per heavy atom. The summed E-state index contributed by atoms with van der Waals surface area (Å²) in [5.41, 5.74) is -0.735. The molecule has 1 aromatic carbocycles. The van der Waals surface area contributed by atoms with Gasteiger partial charge in [-0.25, -0.2) is 0 Å². The maximum absolute atomic E-state index is 11.4. The fraction of sp³-hybridized carbons (Fsp3) is 0.462. The molecule has 2 N–H and O–H groups in total. The first kappa shape index (κ1) is 15.3. The molecule has 0 bridgehead atoms. The topological polar surface area (TPSA) is 57.5 Å². The Morgan fingerprint density at radius 2 is 1.83 bits per heavy atom. The maximum Gasteiger partial charge on any atom is 0.315 e. The summed E-state index contributed by atoms with van der Waals surface area (Å²) < 4.78 is -1.57. The summed E-state index contributed by atoms with van der Waals surface area (Å²) in [4.78, 5) is 11.4. The monoisotopic (exact) mass is 290 g/mol. The summed E-state index contributed by atoms with van der Waals surface area (Å²) in [5.74, 6) is -1.19. The molecule has 3 nitrogen and oxygen atoms in total. The van der Waals surface area contributed by atoms with Crippen LogP contribution >= 0.6 is 23.2 Å². The van der Waals surface area contributed by atoms with Crippen molar-refractivity contribution in [3.8, 4) is 0 Å². The van der Waals surface area contributed by atoms with E-state index >= 15 is 0 Å². The van der Waals surface area contributed by atoms with Gasteiger partial charge in [-0.15, -0.1) is 0 Å². The lowest BCUT2D eigenvalue weighted by Crippen LogP contribution is -2.50. The number of aliphatic hydroxyl groups is 1.